The number of hydrogen-bond acceptors (Lipinski definition) is 4. The number of anilines is 1. The molecule has 0 saturated heterocycles. The summed E-state index contributed by atoms with van der Waals surface area (Å²) in [6.07, 6.45) is 5.49. The summed E-state index contributed by atoms with van der Waals surface area (Å²) in [7, 11) is 0. The predicted octanol–water partition coefficient (Wildman–Crippen LogP) is 2.70. The van der Waals surface area contributed by atoms with Gasteiger partial charge < -0.3 is 10.6 Å². The van der Waals surface area contributed by atoms with E-state index in [2.05, 4.69) is 10.6 Å². The first-order chi connectivity index (χ1) is 10.1. The number of nitro groups is 1. The summed E-state index contributed by atoms with van der Waals surface area (Å²) in [5, 5.41) is 16.5. The molecule has 1 aromatic rings. The van der Waals surface area contributed by atoms with Crippen molar-refractivity contribution in [1.82, 2.24) is 5.32 Å². The van der Waals surface area contributed by atoms with Crippen molar-refractivity contribution in [3.63, 3.8) is 0 Å². The third-order valence-corrected chi connectivity index (χ3v) is 3.80. The van der Waals surface area contributed by atoms with E-state index in [1.54, 1.807) is 12.1 Å². The first kappa shape index (κ1) is 15.3. The van der Waals surface area contributed by atoms with Crippen LogP contribution in [0.4, 0.5) is 11.4 Å². The molecule has 6 heteroatoms. The van der Waals surface area contributed by atoms with Crippen LogP contribution in [0, 0.1) is 16.0 Å². The molecule has 1 aliphatic rings. The highest BCUT2D eigenvalue weighted by Gasteiger charge is 2.17. The van der Waals surface area contributed by atoms with Crippen LogP contribution in [-0.4, -0.2) is 23.9 Å². The van der Waals surface area contributed by atoms with Crippen LogP contribution in [0.3, 0.4) is 0 Å². The summed E-state index contributed by atoms with van der Waals surface area (Å²) < 4.78 is 0. The van der Waals surface area contributed by atoms with E-state index in [0.29, 0.717) is 25.4 Å². The normalized spacial score (nSPS) is 14.9. The molecule has 114 valence electrons. The van der Waals surface area contributed by atoms with Crippen LogP contribution in [0.2, 0.25) is 0 Å². The first-order valence-corrected chi connectivity index (χ1v) is 7.40. The summed E-state index contributed by atoms with van der Waals surface area (Å²) in [5.41, 5.74) is 0.885. The molecule has 1 fully saturated rings. The number of hydrogen-bond donors (Lipinski definition) is 2. The van der Waals surface area contributed by atoms with Gasteiger partial charge in [0.1, 0.15) is 0 Å². The molecular weight excluding hydrogens is 270 g/mol. The zero-order chi connectivity index (χ0) is 15.1. The number of carbonyl (C=O) groups is 1. The van der Waals surface area contributed by atoms with Gasteiger partial charge in [-0.2, -0.15) is 0 Å². The lowest BCUT2D eigenvalue weighted by atomic mass is 10.0. The number of nitrogens with one attached hydrogen (secondary N) is 2. The third-order valence-electron chi connectivity index (χ3n) is 3.80. The summed E-state index contributed by atoms with van der Waals surface area (Å²) >= 11 is 0. The van der Waals surface area contributed by atoms with Crippen LogP contribution >= 0.6 is 0 Å². The van der Waals surface area contributed by atoms with Crippen molar-refractivity contribution in [2.24, 2.45) is 5.92 Å². The van der Waals surface area contributed by atoms with Gasteiger partial charge in [-0.15, -0.1) is 0 Å². The van der Waals surface area contributed by atoms with Crippen molar-refractivity contribution in [3.05, 3.63) is 34.4 Å². The predicted molar refractivity (Wildman–Crippen MR) is 81.2 cm³/mol. The second-order valence-electron chi connectivity index (χ2n) is 5.44. The Morgan fingerprint density at radius 1 is 1.19 bits per heavy atom. The Bertz CT molecular complexity index is 481. The van der Waals surface area contributed by atoms with E-state index in [1.165, 1.54) is 37.8 Å². The Kier molecular flexibility index (Phi) is 5.54. The molecule has 2 N–H and O–H groups in total. The summed E-state index contributed by atoms with van der Waals surface area (Å²) in [4.78, 5) is 21.8. The highest BCUT2D eigenvalue weighted by Crippen LogP contribution is 2.27. The minimum Gasteiger partial charge on any atom is -0.383 e. The maximum absolute atomic E-state index is 11.7. The smallest absolute Gasteiger partial charge is 0.269 e. The van der Waals surface area contributed by atoms with Gasteiger partial charge in [0.15, 0.2) is 0 Å². The third kappa shape index (κ3) is 5.06. The van der Waals surface area contributed by atoms with Crippen molar-refractivity contribution in [2.45, 2.75) is 32.1 Å². The Balaban J connectivity index is 1.62. The minimum atomic E-state index is -0.424. The molecule has 0 unspecified atom stereocenters. The molecule has 21 heavy (non-hydrogen) atoms. The van der Waals surface area contributed by atoms with Crippen LogP contribution in [0.1, 0.15) is 32.1 Å². The van der Waals surface area contributed by atoms with Gasteiger partial charge in [0.2, 0.25) is 5.91 Å². The molecule has 0 radical (unpaired) electrons. The topological polar surface area (TPSA) is 84.3 Å². The molecule has 1 saturated carbocycles. The van der Waals surface area contributed by atoms with E-state index in [1.807, 2.05) is 0 Å². The van der Waals surface area contributed by atoms with Crippen LogP contribution in [0.25, 0.3) is 0 Å². The summed E-state index contributed by atoms with van der Waals surface area (Å²) in [6, 6.07) is 6.25. The van der Waals surface area contributed by atoms with Crippen molar-refractivity contribution < 1.29 is 9.72 Å². The van der Waals surface area contributed by atoms with E-state index in [9.17, 15) is 14.9 Å². The Morgan fingerprint density at radius 3 is 2.48 bits per heavy atom. The van der Waals surface area contributed by atoms with Crippen LogP contribution in [0.5, 0.6) is 0 Å². The van der Waals surface area contributed by atoms with Gasteiger partial charge in [-0.1, -0.05) is 12.8 Å². The standard InChI is InChI=1S/C15H21N3O3/c19-15(11-12-3-1-2-4-12)17-10-9-16-13-5-7-14(8-6-13)18(20)21/h5-8,12,16H,1-4,9-11H2,(H,17,19). The van der Waals surface area contributed by atoms with E-state index in [-0.39, 0.29) is 11.6 Å². The zero-order valence-electron chi connectivity index (χ0n) is 12.0. The lowest BCUT2D eigenvalue weighted by molar-refractivity contribution is -0.384. The maximum atomic E-state index is 11.7. The number of carbonyl (C=O) groups excluding carboxylic acids is 1. The van der Waals surface area contributed by atoms with E-state index < -0.39 is 4.92 Å². The van der Waals surface area contributed by atoms with Gasteiger partial charge in [-0.3, -0.25) is 14.9 Å². The van der Waals surface area contributed by atoms with Crippen LogP contribution in [0.15, 0.2) is 24.3 Å². The fraction of sp³-hybridized carbons (Fsp3) is 0.533. The molecule has 0 aromatic heterocycles. The van der Waals surface area contributed by atoms with Gasteiger partial charge >= 0.3 is 0 Å². The van der Waals surface area contributed by atoms with Gasteiger partial charge in [0, 0.05) is 37.3 Å². The van der Waals surface area contributed by atoms with Gasteiger partial charge in [-0.25, -0.2) is 0 Å². The maximum Gasteiger partial charge on any atom is 0.269 e. The number of nitrogens with zero attached hydrogens (tertiary/aromatic N) is 1. The number of nitro benzene ring substituents is 1. The molecule has 0 aliphatic heterocycles. The first-order valence-electron chi connectivity index (χ1n) is 7.40. The van der Waals surface area contributed by atoms with Crippen molar-refractivity contribution >= 4 is 17.3 Å². The van der Waals surface area contributed by atoms with Gasteiger partial charge in [-0.05, 0) is 30.9 Å². The van der Waals surface area contributed by atoms with Gasteiger partial charge in [0.25, 0.3) is 5.69 Å². The Labute approximate surface area is 124 Å². The molecule has 1 aliphatic carbocycles. The van der Waals surface area contributed by atoms with Gasteiger partial charge in [0.05, 0.1) is 4.92 Å². The number of rotatable bonds is 7. The number of non-ortho nitro benzene ring substituents is 1. The highest BCUT2D eigenvalue weighted by atomic mass is 16.6. The molecule has 0 atom stereocenters. The zero-order valence-corrected chi connectivity index (χ0v) is 12.0. The summed E-state index contributed by atoms with van der Waals surface area (Å²) in [5.74, 6) is 0.681. The molecule has 2 rings (SSSR count). The van der Waals surface area contributed by atoms with Crippen molar-refractivity contribution in [1.29, 1.82) is 0 Å². The lowest BCUT2D eigenvalue weighted by Gasteiger charge is -2.10. The average molecular weight is 291 g/mol. The van der Waals surface area contributed by atoms with Crippen LogP contribution < -0.4 is 10.6 Å². The monoisotopic (exact) mass is 291 g/mol. The number of benzene rings is 1. The van der Waals surface area contributed by atoms with Crippen molar-refractivity contribution in [2.75, 3.05) is 18.4 Å². The Morgan fingerprint density at radius 2 is 1.86 bits per heavy atom. The van der Waals surface area contributed by atoms with Crippen molar-refractivity contribution in [3.8, 4) is 0 Å². The van der Waals surface area contributed by atoms with E-state index in [0.717, 1.165) is 5.69 Å². The van der Waals surface area contributed by atoms with E-state index in [4.69, 9.17) is 0 Å². The minimum absolute atomic E-state index is 0.0745. The number of amides is 1. The molecule has 1 amide bonds. The quantitative estimate of drug-likeness (QED) is 0.459. The SMILES string of the molecule is O=C(CC1CCCC1)NCCNc1ccc([N+](=O)[O-])cc1. The Hall–Kier alpha value is -2.11. The van der Waals surface area contributed by atoms with Crippen LogP contribution in [-0.2, 0) is 4.79 Å². The lowest BCUT2D eigenvalue weighted by Crippen LogP contribution is -2.29. The molecule has 6 nitrogen and oxygen atoms in total. The molecule has 0 heterocycles. The highest BCUT2D eigenvalue weighted by molar-refractivity contribution is 5.76. The second kappa shape index (κ2) is 7.61. The molecule has 1 aromatic carbocycles. The van der Waals surface area contributed by atoms with E-state index >= 15 is 0 Å². The average Bonchev–Trinajstić information content (AvgIpc) is 2.97. The molecule has 0 spiro atoms. The fourth-order valence-electron chi connectivity index (χ4n) is 2.66. The summed E-state index contributed by atoms with van der Waals surface area (Å²) in [6.45, 7) is 1.16. The largest absolute Gasteiger partial charge is 0.383 e. The molecular formula is C15H21N3O3. The molecule has 0 bridgehead atoms. The second-order valence-corrected chi connectivity index (χ2v) is 5.44. The fourth-order valence-corrected chi connectivity index (χ4v) is 2.66.